The number of benzene rings is 1. The monoisotopic (exact) mass is 285 g/mol. The summed E-state index contributed by atoms with van der Waals surface area (Å²) >= 11 is 1.83. The first-order valence-electron chi connectivity index (χ1n) is 7.01. The molecular weight excluding hydrogens is 266 g/mol. The maximum Gasteiger partial charge on any atom is 0.176 e. The van der Waals surface area contributed by atoms with Gasteiger partial charge in [0.1, 0.15) is 0 Å². The first-order chi connectivity index (χ1) is 9.63. The number of aryl methyl sites for hydroxylation is 2. The van der Waals surface area contributed by atoms with Crippen LogP contribution < -0.4 is 0 Å². The Bertz CT molecular complexity index is 644. The van der Waals surface area contributed by atoms with Crippen molar-refractivity contribution in [2.45, 2.75) is 26.8 Å². The summed E-state index contributed by atoms with van der Waals surface area (Å²) in [6, 6.07) is 8.19. The standard InChI is InChI=1S/C17H19NOS/c1-12-3-4-14(9-13(12)2)16(19)11-18-7-5-17-15(10-18)6-8-20-17/h3-4,6,8-9H,5,7,10-11H2,1-2H3. The number of thiophene rings is 1. The highest BCUT2D eigenvalue weighted by Gasteiger charge is 2.19. The summed E-state index contributed by atoms with van der Waals surface area (Å²) in [6.45, 7) is 6.56. The molecule has 1 aliphatic rings. The Morgan fingerprint density at radius 2 is 2.10 bits per heavy atom. The van der Waals surface area contributed by atoms with E-state index in [2.05, 4.69) is 30.2 Å². The van der Waals surface area contributed by atoms with Crippen LogP contribution in [-0.2, 0) is 13.0 Å². The summed E-state index contributed by atoms with van der Waals surface area (Å²) in [4.78, 5) is 16.1. The van der Waals surface area contributed by atoms with Gasteiger partial charge in [0, 0.05) is 23.5 Å². The second-order valence-corrected chi connectivity index (χ2v) is 6.55. The number of ketones is 1. The van der Waals surface area contributed by atoms with Gasteiger partial charge in [-0.1, -0.05) is 12.1 Å². The maximum atomic E-state index is 12.4. The van der Waals surface area contributed by atoms with Crippen LogP contribution in [0.5, 0.6) is 0 Å². The molecule has 1 aromatic heterocycles. The average Bonchev–Trinajstić information content (AvgIpc) is 2.89. The number of Topliss-reactive ketones (excluding diaryl/α,β-unsaturated/α-hetero) is 1. The molecule has 1 aliphatic heterocycles. The van der Waals surface area contributed by atoms with Gasteiger partial charge >= 0.3 is 0 Å². The first-order valence-corrected chi connectivity index (χ1v) is 7.89. The molecule has 0 fully saturated rings. The lowest BCUT2D eigenvalue weighted by Crippen LogP contribution is -2.34. The van der Waals surface area contributed by atoms with Gasteiger partial charge in [-0.05, 0) is 54.5 Å². The zero-order chi connectivity index (χ0) is 14.1. The molecule has 0 spiro atoms. The molecule has 0 amide bonds. The molecular formula is C17H19NOS. The van der Waals surface area contributed by atoms with Crippen LogP contribution in [0.3, 0.4) is 0 Å². The van der Waals surface area contributed by atoms with E-state index in [4.69, 9.17) is 0 Å². The lowest BCUT2D eigenvalue weighted by Gasteiger charge is -2.26. The number of rotatable bonds is 3. The highest BCUT2D eigenvalue weighted by Crippen LogP contribution is 2.24. The molecule has 2 aromatic rings. The van der Waals surface area contributed by atoms with Gasteiger partial charge in [0.05, 0.1) is 6.54 Å². The quantitative estimate of drug-likeness (QED) is 0.803. The fraction of sp³-hybridized carbons (Fsp3) is 0.353. The van der Waals surface area contributed by atoms with Gasteiger partial charge in [-0.2, -0.15) is 0 Å². The second-order valence-electron chi connectivity index (χ2n) is 5.55. The predicted molar refractivity (Wildman–Crippen MR) is 83.5 cm³/mol. The minimum absolute atomic E-state index is 0.228. The van der Waals surface area contributed by atoms with Crippen LogP contribution in [0.25, 0.3) is 0 Å². The van der Waals surface area contributed by atoms with E-state index in [1.165, 1.54) is 21.6 Å². The Hall–Kier alpha value is -1.45. The zero-order valence-corrected chi connectivity index (χ0v) is 12.8. The molecule has 0 bridgehead atoms. The summed E-state index contributed by atoms with van der Waals surface area (Å²) in [5, 5.41) is 2.15. The van der Waals surface area contributed by atoms with Gasteiger partial charge in [-0.3, -0.25) is 9.69 Å². The van der Waals surface area contributed by atoms with Gasteiger partial charge in [-0.25, -0.2) is 0 Å². The van der Waals surface area contributed by atoms with Crippen molar-refractivity contribution in [2.75, 3.05) is 13.1 Å². The van der Waals surface area contributed by atoms with Crippen LogP contribution in [0, 0.1) is 13.8 Å². The molecule has 3 heteroatoms. The fourth-order valence-electron chi connectivity index (χ4n) is 2.65. The lowest BCUT2D eigenvalue weighted by molar-refractivity contribution is 0.0922. The van der Waals surface area contributed by atoms with Crippen molar-refractivity contribution in [3.8, 4) is 0 Å². The zero-order valence-electron chi connectivity index (χ0n) is 12.0. The minimum atomic E-state index is 0.228. The molecule has 20 heavy (non-hydrogen) atoms. The molecule has 104 valence electrons. The molecule has 1 aromatic carbocycles. The van der Waals surface area contributed by atoms with Crippen molar-refractivity contribution in [1.82, 2.24) is 4.90 Å². The Balaban J connectivity index is 1.69. The normalized spacial score (nSPS) is 15.1. The molecule has 2 nitrogen and oxygen atoms in total. The summed E-state index contributed by atoms with van der Waals surface area (Å²) < 4.78 is 0. The molecule has 0 saturated carbocycles. The number of hydrogen-bond donors (Lipinski definition) is 0. The molecule has 0 atom stereocenters. The third-order valence-corrected chi connectivity index (χ3v) is 5.11. The lowest BCUT2D eigenvalue weighted by atomic mass is 10.0. The van der Waals surface area contributed by atoms with Gasteiger partial charge in [-0.15, -0.1) is 11.3 Å². The summed E-state index contributed by atoms with van der Waals surface area (Å²) in [6.07, 6.45) is 1.08. The fourth-order valence-corrected chi connectivity index (χ4v) is 3.54. The van der Waals surface area contributed by atoms with E-state index < -0.39 is 0 Å². The molecule has 0 N–H and O–H groups in total. The Morgan fingerprint density at radius 1 is 1.25 bits per heavy atom. The minimum Gasteiger partial charge on any atom is -0.293 e. The van der Waals surface area contributed by atoms with Crippen molar-refractivity contribution < 1.29 is 4.79 Å². The number of nitrogens with zero attached hydrogens (tertiary/aromatic N) is 1. The topological polar surface area (TPSA) is 20.3 Å². The molecule has 0 radical (unpaired) electrons. The van der Waals surface area contributed by atoms with E-state index in [-0.39, 0.29) is 5.78 Å². The molecule has 3 rings (SSSR count). The molecule has 0 unspecified atom stereocenters. The van der Waals surface area contributed by atoms with Gasteiger partial charge < -0.3 is 0 Å². The SMILES string of the molecule is Cc1ccc(C(=O)CN2CCc3sccc3C2)cc1C. The van der Waals surface area contributed by atoms with E-state index in [1.807, 2.05) is 29.5 Å². The van der Waals surface area contributed by atoms with Gasteiger partial charge in [0.2, 0.25) is 0 Å². The number of fused-ring (bicyclic) bond motifs is 1. The number of carbonyl (C=O) groups is 1. The highest BCUT2D eigenvalue weighted by molar-refractivity contribution is 7.10. The van der Waals surface area contributed by atoms with E-state index in [0.717, 1.165) is 25.1 Å². The van der Waals surface area contributed by atoms with Crippen molar-refractivity contribution in [2.24, 2.45) is 0 Å². The van der Waals surface area contributed by atoms with Crippen LogP contribution in [0.15, 0.2) is 29.6 Å². The Labute approximate surface area is 124 Å². The van der Waals surface area contributed by atoms with E-state index in [0.29, 0.717) is 6.54 Å². The number of hydrogen-bond acceptors (Lipinski definition) is 3. The van der Waals surface area contributed by atoms with Crippen molar-refractivity contribution in [1.29, 1.82) is 0 Å². The highest BCUT2D eigenvalue weighted by atomic mass is 32.1. The van der Waals surface area contributed by atoms with Crippen LogP contribution >= 0.6 is 11.3 Å². The van der Waals surface area contributed by atoms with Crippen molar-refractivity contribution in [3.05, 3.63) is 56.8 Å². The summed E-state index contributed by atoms with van der Waals surface area (Å²) in [7, 11) is 0. The second kappa shape index (κ2) is 5.51. The van der Waals surface area contributed by atoms with Crippen LogP contribution in [0.1, 0.15) is 31.9 Å². The summed E-state index contributed by atoms with van der Waals surface area (Å²) in [5.74, 6) is 0.228. The third kappa shape index (κ3) is 2.69. The Kier molecular flexibility index (Phi) is 3.72. The third-order valence-electron chi connectivity index (χ3n) is 4.08. The van der Waals surface area contributed by atoms with E-state index in [1.54, 1.807) is 0 Å². The van der Waals surface area contributed by atoms with E-state index >= 15 is 0 Å². The van der Waals surface area contributed by atoms with Gasteiger partial charge in [0.25, 0.3) is 0 Å². The molecule has 2 heterocycles. The van der Waals surface area contributed by atoms with Gasteiger partial charge in [0.15, 0.2) is 5.78 Å². The van der Waals surface area contributed by atoms with Crippen LogP contribution in [-0.4, -0.2) is 23.8 Å². The largest absolute Gasteiger partial charge is 0.293 e. The molecule has 0 aliphatic carbocycles. The first kappa shape index (κ1) is 13.5. The van der Waals surface area contributed by atoms with Crippen LogP contribution in [0.4, 0.5) is 0 Å². The smallest absolute Gasteiger partial charge is 0.176 e. The number of carbonyl (C=O) groups excluding carboxylic acids is 1. The van der Waals surface area contributed by atoms with Crippen molar-refractivity contribution >= 4 is 17.1 Å². The molecule has 0 saturated heterocycles. The Morgan fingerprint density at radius 3 is 2.90 bits per heavy atom. The van der Waals surface area contributed by atoms with Crippen LogP contribution in [0.2, 0.25) is 0 Å². The van der Waals surface area contributed by atoms with Crippen molar-refractivity contribution in [3.63, 3.8) is 0 Å². The van der Waals surface area contributed by atoms with E-state index in [9.17, 15) is 4.79 Å². The summed E-state index contributed by atoms with van der Waals surface area (Å²) in [5.41, 5.74) is 4.66. The maximum absolute atomic E-state index is 12.4. The predicted octanol–water partition coefficient (Wildman–Crippen LogP) is 3.61. The average molecular weight is 285 g/mol.